The van der Waals surface area contributed by atoms with Crippen molar-refractivity contribution in [3.63, 3.8) is 0 Å². The minimum Gasteiger partial charge on any atom is -0.341 e. The molecule has 160 valence electrons. The summed E-state index contributed by atoms with van der Waals surface area (Å²) in [6.07, 6.45) is 3.33. The second kappa shape index (κ2) is 8.35. The van der Waals surface area contributed by atoms with E-state index < -0.39 is 0 Å². The molecular weight excluding hydrogens is 422 g/mol. The van der Waals surface area contributed by atoms with Crippen LogP contribution in [-0.4, -0.2) is 36.1 Å². The van der Waals surface area contributed by atoms with Gasteiger partial charge in [0.25, 0.3) is 0 Å². The summed E-state index contributed by atoms with van der Waals surface area (Å²) in [5.74, 6) is 6.67. The van der Waals surface area contributed by atoms with Gasteiger partial charge in [-0.3, -0.25) is 9.78 Å². The summed E-state index contributed by atoms with van der Waals surface area (Å²) in [4.78, 5) is 16.6. The number of benzene rings is 2. The molecule has 0 bridgehead atoms. The first-order valence-electron chi connectivity index (χ1n) is 10.2. The Kier molecular flexibility index (Phi) is 5.24. The second-order valence-corrected chi connectivity index (χ2v) is 8.18. The van der Waals surface area contributed by atoms with Crippen molar-refractivity contribution in [3.8, 4) is 11.4 Å². The maximum absolute atomic E-state index is 12.6. The first-order chi connectivity index (χ1) is 15.7. The third-order valence-electron chi connectivity index (χ3n) is 5.31. The van der Waals surface area contributed by atoms with Crippen molar-refractivity contribution in [3.05, 3.63) is 67.0 Å². The number of nitrogens with one attached hydrogen (secondary N) is 1. The summed E-state index contributed by atoms with van der Waals surface area (Å²) in [7, 11) is 0. The summed E-state index contributed by atoms with van der Waals surface area (Å²) >= 11 is 1.24. The maximum Gasteiger partial charge on any atom is 0.234 e. The zero-order valence-corrected chi connectivity index (χ0v) is 18.2. The van der Waals surface area contributed by atoms with Crippen LogP contribution in [-0.2, 0) is 11.3 Å². The number of anilines is 1. The van der Waals surface area contributed by atoms with Crippen LogP contribution in [0.3, 0.4) is 0 Å². The second-order valence-electron chi connectivity index (χ2n) is 7.24. The number of nitrogen functional groups attached to an aromatic ring is 1. The van der Waals surface area contributed by atoms with Gasteiger partial charge in [0.05, 0.1) is 5.75 Å². The van der Waals surface area contributed by atoms with Crippen LogP contribution in [0.2, 0.25) is 0 Å². The lowest BCUT2D eigenvalue weighted by molar-refractivity contribution is -0.113. The Labute approximate surface area is 188 Å². The molecule has 0 fully saturated rings. The van der Waals surface area contributed by atoms with Gasteiger partial charge in [0.2, 0.25) is 11.1 Å². The van der Waals surface area contributed by atoms with Crippen molar-refractivity contribution in [2.45, 2.75) is 18.6 Å². The fourth-order valence-electron chi connectivity index (χ4n) is 3.87. The number of carbonyl (C=O) groups excluding carboxylic acids is 1. The Hall–Kier alpha value is -3.85. The smallest absolute Gasteiger partial charge is 0.234 e. The highest BCUT2D eigenvalue weighted by Crippen LogP contribution is 2.31. The zero-order chi connectivity index (χ0) is 22.1. The van der Waals surface area contributed by atoms with E-state index in [1.54, 1.807) is 24.5 Å². The average Bonchev–Trinajstić information content (AvgIpc) is 3.35. The Morgan fingerprint density at radius 2 is 1.81 bits per heavy atom. The van der Waals surface area contributed by atoms with Crippen molar-refractivity contribution >= 4 is 45.2 Å². The maximum atomic E-state index is 12.6. The topological polar surface area (TPSA) is 104 Å². The van der Waals surface area contributed by atoms with Crippen LogP contribution < -0.4 is 11.2 Å². The highest BCUT2D eigenvalue weighted by Gasteiger charge is 2.15. The highest BCUT2D eigenvalue weighted by molar-refractivity contribution is 7.99. The van der Waals surface area contributed by atoms with E-state index in [0.717, 1.165) is 28.7 Å². The van der Waals surface area contributed by atoms with E-state index >= 15 is 0 Å². The molecule has 8 nitrogen and oxygen atoms in total. The lowest BCUT2D eigenvalue weighted by Gasteiger charge is -2.07. The number of fused-ring (bicyclic) bond motifs is 3. The number of hydrogen-bond acceptors (Lipinski definition) is 6. The summed E-state index contributed by atoms with van der Waals surface area (Å²) in [5, 5.41) is 14.0. The van der Waals surface area contributed by atoms with Crippen LogP contribution in [0, 0.1) is 0 Å². The number of thioether (sulfide) groups is 1. The number of hydrogen-bond donors (Lipinski definition) is 2. The SMILES string of the molecule is CCn1c2ccccc2c2cc(NC(=O)CSc3nnc(-c4ccncc4)n3N)ccc21. The first kappa shape index (κ1) is 20.1. The molecule has 0 unspecified atom stereocenters. The number of rotatable bonds is 6. The largest absolute Gasteiger partial charge is 0.341 e. The molecule has 0 atom stereocenters. The minimum absolute atomic E-state index is 0.137. The molecule has 32 heavy (non-hydrogen) atoms. The number of carbonyl (C=O) groups is 1. The van der Waals surface area contributed by atoms with Gasteiger partial charge < -0.3 is 15.7 Å². The number of nitrogens with zero attached hydrogens (tertiary/aromatic N) is 5. The molecule has 0 saturated heterocycles. The van der Waals surface area contributed by atoms with Crippen LogP contribution in [0.4, 0.5) is 5.69 Å². The number of aryl methyl sites for hydroxylation is 1. The third kappa shape index (κ3) is 3.56. The molecule has 2 aromatic carbocycles. The molecule has 0 aliphatic carbocycles. The summed E-state index contributed by atoms with van der Waals surface area (Å²) < 4.78 is 3.67. The Bertz CT molecular complexity index is 1420. The van der Waals surface area contributed by atoms with E-state index in [4.69, 9.17) is 5.84 Å². The lowest BCUT2D eigenvalue weighted by Crippen LogP contribution is -2.16. The summed E-state index contributed by atoms with van der Waals surface area (Å²) in [5.41, 5.74) is 3.91. The molecule has 9 heteroatoms. The van der Waals surface area contributed by atoms with Crippen LogP contribution in [0.1, 0.15) is 6.92 Å². The Balaban J connectivity index is 1.32. The molecule has 0 radical (unpaired) electrons. The van der Waals surface area contributed by atoms with E-state index in [2.05, 4.69) is 50.2 Å². The molecule has 0 aliphatic heterocycles. The van der Waals surface area contributed by atoms with Gasteiger partial charge in [0.15, 0.2) is 5.82 Å². The van der Waals surface area contributed by atoms with E-state index in [0.29, 0.717) is 11.0 Å². The van der Waals surface area contributed by atoms with Gasteiger partial charge in [-0.15, -0.1) is 10.2 Å². The standard InChI is InChI=1S/C23H21N7OS/c1-2-29-19-6-4-3-5-17(19)18-13-16(7-8-20(18)29)26-21(31)14-32-23-28-27-22(30(23)24)15-9-11-25-12-10-15/h3-13H,2,14,24H2,1H3,(H,26,31). The molecule has 1 amide bonds. The molecule has 5 aromatic rings. The number of para-hydroxylation sites is 1. The summed E-state index contributed by atoms with van der Waals surface area (Å²) in [6.45, 7) is 3.02. The average molecular weight is 444 g/mol. The molecule has 0 spiro atoms. The lowest BCUT2D eigenvalue weighted by atomic mass is 10.1. The van der Waals surface area contributed by atoms with E-state index in [1.165, 1.54) is 27.3 Å². The molecule has 0 saturated carbocycles. The number of amides is 1. The van der Waals surface area contributed by atoms with Crippen molar-refractivity contribution in [2.75, 3.05) is 16.9 Å². The van der Waals surface area contributed by atoms with E-state index in [9.17, 15) is 4.79 Å². The minimum atomic E-state index is -0.137. The normalized spacial score (nSPS) is 11.3. The van der Waals surface area contributed by atoms with Crippen LogP contribution >= 0.6 is 11.8 Å². The van der Waals surface area contributed by atoms with E-state index in [-0.39, 0.29) is 11.7 Å². The summed E-state index contributed by atoms with van der Waals surface area (Å²) in [6, 6.07) is 17.9. The fourth-order valence-corrected chi connectivity index (χ4v) is 4.53. The quantitative estimate of drug-likeness (QED) is 0.305. The van der Waals surface area contributed by atoms with Crippen molar-refractivity contribution in [2.24, 2.45) is 0 Å². The van der Waals surface area contributed by atoms with Crippen LogP contribution in [0.15, 0.2) is 72.1 Å². The number of pyridine rings is 1. The monoisotopic (exact) mass is 443 g/mol. The number of nitrogens with two attached hydrogens (primary N) is 1. The van der Waals surface area contributed by atoms with Gasteiger partial charge >= 0.3 is 0 Å². The van der Waals surface area contributed by atoms with Crippen molar-refractivity contribution in [1.29, 1.82) is 0 Å². The Morgan fingerprint density at radius 3 is 2.62 bits per heavy atom. The zero-order valence-electron chi connectivity index (χ0n) is 17.4. The van der Waals surface area contributed by atoms with E-state index in [1.807, 2.05) is 24.3 Å². The molecule has 3 aromatic heterocycles. The highest BCUT2D eigenvalue weighted by atomic mass is 32.2. The van der Waals surface area contributed by atoms with Gasteiger partial charge in [-0.2, -0.15) is 0 Å². The van der Waals surface area contributed by atoms with Crippen LogP contribution in [0.25, 0.3) is 33.2 Å². The fraction of sp³-hybridized carbons (Fsp3) is 0.130. The van der Waals surface area contributed by atoms with Gasteiger partial charge in [0.1, 0.15) is 0 Å². The van der Waals surface area contributed by atoms with Gasteiger partial charge in [-0.05, 0) is 43.3 Å². The Morgan fingerprint density at radius 1 is 1.03 bits per heavy atom. The first-order valence-corrected chi connectivity index (χ1v) is 11.2. The molecule has 0 aliphatic rings. The van der Waals surface area contributed by atoms with Crippen LogP contribution in [0.5, 0.6) is 0 Å². The van der Waals surface area contributed by atoms with Crippen molar-refractivity contribution in [1.82, 2.24) is 24.4 Å². The molecule has 5 rings (SSSR count). The third-order valence-corrected chi connectivity index (χ3v) is 6.25. The molecular formula is C23H21N7OS. The molecule has 3 heterocycles. The predicted molar refractivity (Wildman–Crippen MR) is 128 cm³/mol. The molecule has 3 N–H and O–H groups in total. The van der Waals surface area contributed by atoms with Gasteiger partial charge in [-0.25, -0.2) is 4.68 Å². The van der Waals surface area contributed by atoms with Gasteiger partial charge in [-0.1, -0.05) is 30.0 Å². The van der Waals surface area contributed by atoms with Gasteiger partial charge in [0, 0.05) is 52.0 Å². The van der Waals surface area contributed by atoms with Crippen molar-refractivity contribution < 1.29 is 4.79 Å². The number of aromatic nitrogens is 5. The predicted octanol–water partition coefficient (Wildman–Crippen LogP) is 3.91.